The third-order valence-electron chi connectivity index (χ3n) is 2.63. The van der Waals surface area contributed by atoms with E-state index >= 15 is 0 Å². The molecule has 2 rings (SSSR count). The Morgan fingerprint density at radius 1 is 1.50 bits per heavy atom. The molecule has 84 valence electrons. The second-order valence-electron chi connectivity index (χ2n) is 3.49. The van der Waals surface area contributed by atoms with Crippen LogP contribution < -0.4 is 0 Å². The van der Waals surface area contributed by atoms with E-state index in [0.717, 1.165) is 0 Å². The molecule has 5 heteroatoms. The summed E-state index contributed by atoms with van der Waals surface area (Å²) in [6.45, 7) is 4.53. The van der Waals surface area contributed by atoms with Crippen LogP contribution in [0.4, 0.5) is 0 Å². The third kappa shape index (κ3) is 1.36. The highest BCUT2D eigenvalue weighted by molar-refractivity contribution is 5.93. The number of hydrogen-bond acceptors (Lipinski definition) is 4. The summed E-state index contributed by atoms with van der Waals surface area (Å²) in [6, 6.07) is 0. The summed E-state index contributed by atoms with van der Waals surface area (Å²) in [5, 5.41) is 14.6. The average Bonchev–Trinajstić information content (AvgIpc) is 2.71. The van der Waals surface area contributed by atoms with Gasteiger partial charge < -0.3 is 5.11 Å². The van der Waals surface area contributed by atoms with E-state index in [4.69, 9.17) is 0 Å². The monoisotopic (exact) mass is 219 g/mol. The lowest BCUT2D eigenvalue weighted by Crippen LogP contribution is -2.02. The number of rotatable bonds is 3. The first-order chi connectivity index (χ1) is 7.72. The Bertz CT molecular complexity index is 546. The van der Waals surface area contributed by atoms with E-state index in [-0.39, 0.29) is 11.3 Å². The van der Waals surface area contributed by atoms with E-state index in [2.05, 4.69) is 10.1 Å². The number of aromatic hydroxyl groups is 1. The first-order valence-electron chi connectivity index (χ1n) is 5.25. The Labute approximate surface area is 92.7 Å². The van der Waals surface area contributed by atoms with E-state index in [9.17, 15) is 9.90 Å². The fourth-order valence-electron chi connectivity index (χ4n) is 1.76. The maximum Gasteiger partial charge on any atom is 0.161 e. The fraction of sp³-hybridized carbons (Fsp3) is 0.364. The largest absolute Gasteiger partial charge is 0.506 e. The first-order valence-corrected chi connectivity index (χ1v) is 5.25. The van der Waals surface area contributed by atoms with Gasteiger partial charge in [-0.05, 0) is 13.3 Å². The van der Waals surface area contributed by atoms with Crippen molar-refractivity contribution in [3.63, 3.8) is 0 Å². The molecule has 2 heterocycles. The van der Waals surface area contributed by atoms with Crippen LogP contribution in [0.15, 0.2) is 6.20 Å². The Morgan fingerprint density at radius 2 is 2.25 bits per heavy atom. The van der Waals surface area contributed by atoms with Crippen molar-refractivity contribution in [1.82, 2.24) is 14.8 Å². The Balaban J connectivity index is 2.84. The van der Waals surface area contributed by atoms with Gasteiger partial charge in [0.1, 0.15) is 5.75 Å². The number of fused-ring (bicyclic) bond motifs is 1. The minimum absolute atomic E-state index is 0.0171. The van der Waals surface area contributed by atoms with Gasteiger partial charge in [0.05, 0.1) is 22.8 Å². The molecule has 0 atom stereocenters. The second kappa shape index (κ2) is 3.92. The molecule has 16 heavy (non-hydrogen) atoms. The summed E-state index contributed by atoms with van der Waals surface area (Å²) in [4.78, 5) is 15.3. The summed E-state index contributed by atoms with van der Waals surface area (Å²) in [5.41, 5.74) is 1.50. The number of carbonyl (C=O) groups excluding carboxylic acids is 1. The molecule has 2 aromatic rings. The number of aromatic nitrogens is 3. The second-order valence-corrected chi connectivity index (χ2v) is 3.49. The van der Waals surface area contributed by atoms with Gasteiger partial charge in [0, 0.05) is 6.54 Å². The fourth-order valence-corrected chi connectivity index (χ4v) is 1.76. The zero-order valence-corrected chi connectivity index (χ0v) is 9.27. The van der Waals surface area contributed by atoms with Crippen LogP contribution in [0.5, 0.6) is 5.75 Å². The van der Waals surface area contributed by atoms with Crippen LogP contribution in [0.2, 0.25) is 0 Å². The van der Waals surface area contributed by atoms with Crippen molar-refractivity contribution < 1.29 is 9.90 Å². The van der Waals surface area contributed by atoms with Gasteiger partial charge in [-0.2, -0.15) is 5.10 Å². The molecule has 0 bridgehead atoms. The van der Waals surface area contributed by atoms with Crippen molar-refractivity contribution in [2.45, 2.75) is 26.8 Å². The molecule has 2 aromatic heterocycles. The number of hydrogen-bond donors (Lipinski definition) is 1. The molecule has 0 saturated heterocycles. The van der Waals surface area contributed by atoms with E-state index in [1.807, 2.05) is 13.8 Å². The lowest BCUT2D eigenvalue weighted by molar-refractivity contribution is 0.112. The van der Waals surface area contributed by atoms with Crippen LogP contribution in [0.1, 0.15) is 29.9 Å². The van der Waals surface area contributed by atoms with E-state index in [1.54, 1.807) is 4.68 Å². The third-order valence-corrected chi connectivity index (χ3v) is 2.63. The lowest BCUT2D eigenvalue weighted by Gasteiger charge is -2.05. The van der Waals surface area contributed by atoms with E-state index < -0.39 is 0 Å². The maximum absolute atomic E-state index is 10.9. The topological polar surface area (TPSA) is 68.0 Å². The van der Waals surface area contributed by atoms with E-state index in [0.29, 0.717) is 36.0 Å². The molecular formula is C11H13N3O2. The minimum atomic E-state index is -0.0171. The number of pyridine rings is 1. The highest BCUT2D eigenvalue weighted by Crippen LogP contribution is 2.28. The van der Waals surface area contributed by atoms with Crippen molar-refractivity contribution >= 4 is 17.3 Å². The van der Waals surface area contributed by atoms with Crippen LogP contribution in [-0.4, -0.2) is 26.2 Å². The summed E-state index contributed by atoms with van der Waals surface area (Å²) < 4.78 is 1.70. The molecule has 5 nitrogen and oxygen atoms in total. The smallest absolute Gasteiger partial charge is 0.161 e. The molecule has 0 aliphatic carbocycles. The van der Waals surface area contributed by atoms with Gasteiger partial charge in [-0.25, -0.2) is 9.67 Å². The van der Waals surface area contributed by atoms with Crippen molar-refractivity contribution in [3.8, 4) is 5.75 Å². The Hall–Kier alpha value is -1.91. The van der Waals surface area contributed by atoms with Crippen LogP contribution in [0, 0.1) is 0 Å². The molecule has 0 saturated carbocycles. The average molecular weight is 219 g/mol. The van der Waals surface area contributed by atoms with Gasteiger partial charge in [0.2, 0.25) is 0 Å². The van der Waals surface area contributed by atoms with Crippen molar-refractivity contribution in [2.24, 2.45) is 0 Å². The molecule has 0 unspecified atom stereocenters. The molecule has 0 aliphatic heterocycles. The van der Waals surface area contributed by atoms with Gasteiger partial charge in [-0.3, -0.25) is 4.79 Å². The van der Waals surface area contributed by atoms with Gasteiger partial charge >= 0.3 is 0 Å². The highest BCUT2D eigenvalue weighted by Gasteiger charge is 2.15. The van der Waals surface area contributed by atoms with Gasteiger partial charge in [-0.1, -0.05) is 6.92 Å². The lowest BCUT2D eigenvalue weighted by atomic mass is 10.1. The first kappa shape index (κ1) is 10.6. The molecule has 0 radical (unpaired) electrons. The summed E-state index contributed by atoms with van der Waals surface area (Å²) >= 11 is 0. The highest BCUT2D eigenvalue weighted by atomic mass is 16.3. The van der Waals surface area contributed by atoms with Crippen LogP contribution in [0.25, 0.3) is 11.0 Å². The standard InChI is InChI=1S/C11H13N3O2/c1-3-9-8(6-15)10(16)7-5-12-14(4-2)11(7)13-9/h5-6H,3-4H2,1-2H3,(H,13,16). The Kier molecular flexibility index (Phi) is 2.60. The minimum Gasteiger partial charge on any atom is -0.506 e. The summed E-state index contributed by atoms with van der Waals surface area (Å²) in [6.07, 6.45) is 2.78. The molecule has 0 aromatic carbocycles. The zero-order valence-electron chi connectivity index (χ0n) is 9.27. The number of aldehydes is 1. The Morgan fingerprint density at radius 3 is 2.81 bits per heavy atom. The molecular weight excluding hydrogens is 206 g/mol. The van der Waals surface area contributed by atoms with Crippen LogP contribution in [0.3, 0.4) is 0 Å². The van der Waals surface area contributed by atoms with Crippen LogP contribution in [-0.2, 0) is 13.0 Å². The predicted molar refractivity (Wildman–Crippen MR) is 59.6 cm³/mol. The predicted octanol–water partition coefficient (Wildman–Crippen LogP) is 1.53. The molecule has 1 N–H and O–H groups in total. The summed E-state index contributed by atoms with van der Waals surface area (Å²) in [5.74, 6) is -0.0171. The maximum atomic E-state index is 10.9. The van der Waals surface area contributed by atoms with Gasteiger partial charge in [0.25, 0.3) is 0 Å². The zero-order chi connectivity index (χ0) is 11.7. The molecule has 0 aliphatic rings. The normalized spacial score (nSPS) is 10.9. The quantitative estimate of drug-likeness (QED) is 0.795. The van der Waals surface area contributed by atoms with Crippen molar-refractivity contribution in [3.05, 3.63) is 17.5 Å². The number of nitrogens with zero attached hydrogens (tertiary/aromatic N) is 3. The summed E-state index contributed by atoms with van der Waals surface area (Å²) in [7, 11) is 0. The van der Waals surface area contributed by atoms with E-state index in [1.165, 1.54) is 6.20 Å². The van der Waals surface area contributed by atoms with Gasteiger partial charge in [-0.15, -0.1) is 0 Å². The molecule has 0 amide bonds. The number of aryl methyl sites for hydroxylation is 2. The van der Waals surface area contributed by atoms with Crippen molar-refractivity contribution in [2.75, 3.05) is 0 Å². The van der Waals surface area contributed by atoms with Gasteiger partial charge in [0.15, 0.2) is 11.9 Å². The number of carbonyl (C=O) groups is 1. The SMILES string of the molecule is CCc1nc2c(cnn2CC)c(O)c1C=O. The van der Waals surface area contributed by atoms with Crippen LogP contribution >= 0.6 is 0 Å². The van der Waals surface area contributed by atoms with Crippen molar-refractivity contribution in [1.29, 1.82) is 0 Å². The molecule has 0 fully saturated rings. The molecule has 0 spiro atoms.